The van der Waals surface area contributed by atoms with Gasteiger partial charge in [-0.15, -0.1) is 0 Å². The lowest BCUT2D eigenvalue weighted by Gasteiger charge is -2.10. The minimum atomic E-state index is -3.23. The minimum Gasteiger partial charge on any atom is -0.481 e. The molecule has 2 N–H and O–H groups in total. The fraction of sp³-hybridized carbons (Fsp3) is 0.308. The Labute approximate surface area is 215 Å². The van der Waals surface area contributed by atoms with Crippen LogP contribution < -0.4 is 0 Å². The first-order valence-corrected chi connectivity index (χ1v) is 13.6. The Morgan fingerprint density at radius 1 is 0.833 bits per heavy atom. The third-order valence-corrected chi connectivity index (χ3v) is 6.50. The van der Waals surface area contributed by atoms with Crippen LogP contribution in [0.25, 0.3) is 22.4 Å². The highest BCUT2D eigenvalue weighted by Crippen LogP contribution is 2.32. The number of nitrogens with zero attached hydrogens (tertiary/aromatic N) is 2. The molecule has 0 spiro atoms. The summed E-state index contributed by atoms with van der Waals surface area (Å²) in [4.78, 5) is 29.1. The number of carbonyl (C=O) groups is 2. The molecule has 8 nitrogen and oxygen atoms in total. The number of carboxylic acid groups (broad SMARTS) is 2. The number of sulfone groups is 1. The van der Waals surface area contributed by atoms with Crippen molar-refractivity contribution in [3.05, 3.63) is 65.6 Å². The Balaban J connectivity index is 0.000000324. The van der Waals surface area contributed by atoms with E-state index in [2.05, 4.69) is 9.97 Å². The van der Waals surface area contributed by atoms with Gasteiger partial charge in [-0.2, -0.15) is 0 Å². The Kier molecular flexibility index (Phi) is 11.0. The zero-order valence-electron chi connectivity index (χ0n) is 20.1. The van der Waals surface area contributed by atoms with E-state index in [4.69, 9.17) is 21.8 Å². The van der Waals surface area contributed by atoms with Crippen LogP contribution in [0, 0.1) is 6.92 Å². The maximum atomic E-state index is 11.6. The van der Waals surface area contributed by atoms with E-state index in [9.17, 15) is 18.0 Å². The molecule has 0 unspecified atom stereocenters. The molecular formula is C26H29ClN2O6S. The number of hydrogen-bond donors (Lipinski definition) is 2. The summed E-state index contributed by atoms with van der Waals surface area (Å²) in [6.07, 6.45) is 7.82. The zero-order valence-corrected chi connectivity index (χ0v) is 21.7. The van der Waals surface area contributed by atoms with Crippen molar-refractivity contribution < 1.29 is 28.2 Å². The van der Waals surface area contributed by atoms with E-state index < -0.39 is 21.8 Å². The second-order valence-corrected chi connectivity index (χ2v) is 10.7. The largest absolute Gasteiger partial charge is 0.481 e. The van der Waals surface area contributed by atoms with Crippen molar-refractivity contribution in [2.75, 3.05) is 6.26 Å². The van der Waals surface area contributed by atoms with Gasteiger partial charge in [-0.1, -0.05) is 36.6 Å². The Hall–Kier alpha value is -3.30. The van der Waals surface area contributed by atoms with E-state index in [1.165, 1.54) is 6.26 Å². The molecule has 1 aromatic carbocycles. The van der Waals surface area contributed by atoms with Gasteiger partial charge in [0.25, 0.3) is 0 Å². The molecule has 0 amide bonds. The fourth-order valence-corrected chi connectivity index (χ4v) is 4.07. The number of aliphatic carboxylic acids is 2. The van der Waals surface area contributed by atoms with Crippen molar-refractivity contribution in [1.82, 2.24) is 9.97 Å². The summed E-state index contributed by atoms with van der Waals surface area (Å²) in [5.41, 5.74) is 4.21. The van der Waals surface area contributed by atoms with E-state index in [0.717, 1.165) is 40.9 Å². The Morgan fingerprint density at radius 3 is 1.86 bits per heavy atom. The van der Waals surface area contributed by atoms with E-state index in [-0.39, 0.29) is 17.7 Å². The molecule has 0 aliphatic rings. The monoisotopic (exact) mass is 532 g/mol. The summed E-state index contributed by atoms with van der Waals surface area (Å²) in [6, 6.07) is 12.4. The van der Waals surface area contributed by atoms with Crippen LogP contribution in [-0.4, -0.2) is 46.8 Å². The van der Waals surface area contributed by atoms with Crippen molar-refractivity contribution in [3.8, 4) is 22.4 Å². The lowest BCUT2D eigenvalue weighted by atomic mass is 10.0. The van der Waals surface area contributed by atoms with E-state index in [0.29, 0.717) is 17.9 Å². The molecule has 0 saturated heterocycles. The number of unbranched alkanes of at least 4 members (excludes halogenated alkanes) is 3. The van der Waals surface area contributed by atoms with Gasteiger partial charge in [0.15, 0.2) is 9.84 Å². The molecule has 10 heteroatoms. The number of pyridine rings is 2. The Bertz CT molecular complexity index is 1260. The number of benzene rings is 1. The normalized spacial score (nSPS) is 10.9. The molecule has 0 atom stereocenters. The highest BCUT2D eigenvalue weighted by atomic mass is 35.5. The predicted molar refractivity (Wildman–Crippen MR) is 139 cm³/mol. The van der Waals surface area contributed by atoms with E-state index >= 15 is 0 Å². The number of aryl methyl sites for hydroxylation is 1. The molecule has 0 bridgehead atoms. The van der Waals surface area contributed by atoms with Gasteiger partial charge in [0.1, 0.15) is 0 Å². The van der Waals surface area contributed by atoms with Crippen molar-refractivity contribution in [3.63, 3.8) is 0 Å². The van der Waals surface area contributed by atoms with Crippen LogP contribution in [0.4, 0.5) is 0 Å². The smallest absolute Gasteiger partial charge is 0.303 e. The number of rotatable bonds is 10. The van der Waals surface area contributed by atoms with Crippen molar-refractivity contribution in [1.29, 1.82) is 0 Å². The number of hydrogen-bond acceptors (Lipinski definition) is 6. The van der Waals surface area contributed by atoms with Gasteiger partial charge in [-0.25, -0.2) is 8.42 Å². The van der Waals surface area contributed by atoms with Gasteiger partial charge >= 0.3 is 11.9 Å². The predicted octanol–water partition coefficient (Wildman–Crippen LogP) is 5.67. The molecule has 36 heavy (non-hydrogen) atoms. The van der Waals surface area contributed by atoms with Gasteiger partial charge < -0.3 is 10.2 Å². The quantitative estimate of drug-likeness (QED) is 0.319. The van der Waals surface area contributed by atoms with E-state index in [1.54, 1.807) is 36.7 Å². The molecule has 3 rings (SSSR count). The number of aromatic nitrogens is 2. The maximum absolute atomic E-state index is 11.6. The third kappa shape index (κ3) is 9.75. The summed E-state index contributed by atoms with van der Waals surface area (Å²) in [5, 5.41) is 17.0. The van der Waals surface area contributed by atoms with E-state index in [1.807, 2.05) is 25.1 Å². The zero-order chi connectivity index (χ0) is 26.7. The summed E-state index contributed by atoms with van der Waals surface area (Å²) in [6.45, 7) is 1.92. The van der Waals surface area contributed by atoms with Crippen LogP contribution in [0.15, 0.2) is 59.8 Å². The first-order chi connectivity index (χ1) is 17.0. The first kappa shape index (κ1) is 28.9. The molecular weight excluding hydrogens is 504 g/mol. The highest BCUT2D eigenvalue weighted by Gasteiger charge is 2.12. The molecule has 0 fully saturated rings. The summed E-state index contributed by atoms with van der Waals surface area (Å²) < 4.78 is 23.2. The summed E-state index contributed by atoms with van der Waals surface area (Å²) >= 11 is 6.11. The molecule has 2 aromatic heterocycles. The second-order valence-electron chi connectivity index (χ2n) is 8.24. The SMILES string of the molecule is Cc1ccc(-c2ncc(Cl)cc2-c2ccc(S(C)(=O)=O)cc2)cn1.O=C(O)CCCCCCC(=O)O. The number of carboxylic acids is 2. The third-order valence-electron chi connectivity index (χ3n) is 5.16. The molecule has 0 saturated carbocycles. The van der Waals surface area contributed by atoms with Gasteiger partial charge in [-0.05, 0) is 55.7 Å². The minimum absolute atomic E-state index is 0.188. The lowest BCUT2D eigenvalue weighted by molar-refractivity contribution is -0.138. The van der Waals surface area contributed by atoms with Gasteiger partial charge in [0, 0.05) is 48.3 Å². The van der Waals surface area contributed by atoms with Crippen LogP contribution in [0.1, 0.15) is 44.2 Å². The van der Waals surface area contributed by atoms with Crippen LogP contribution >= 0.6 is 11.6 Å². The van der Waals surface area contributed by atoms with Crippen LogP contribution in [0.2, 0.25) is 5.02 Å². The van der Waals surface area contributed by atoms with Gasteiger partial charge in [0.05, 0.1) is 15.6 Å². The van der Waals surface area contributed by atoms with Crippen molar-refractivity contribution >= 4 is 33.4 Å². The highest BCUT2D eigenvalue weighted by molar-refractivity contribution is 7.90. The molecule has 0 aliphatic heterocycles. The van der Waals surface area contributed by atoms with Crippen molar-refractivity contribution in [2.24, 2.45) is 0 Å². The van der Waals surface area contributed by atoms with Crippen LogP contribution in [0.3, 0.4) is 0 Å². The molecule has 3 aromatic rings. The number of halogens is 1. The molecule has 0 radical (unpaired) electrons. The average molecular weight is 533 g/mol. The van der Waals surface area contributed by atoms with Crippen LogP contribution in [-0.2, 0) is 19.4 Å². The molecule has 192 valence electrons. The molecule has 2 heterocycles. The summed E-state index contributed by atoms with van der Waals surface area (Å²) in [7, 11) is -3.23. The topological polar surface area (TPSA) is 135 Å². The molecule has 0 aliphatic carbocycles. The fourth-order valence-electron chi connectivity index (χ4n) is 3.28. The first-order valence-electron chi connectivity index (χ1n) is 11.3. The lowest BCUT2D eigenvalue weighted by Crippen LogP contribution is -1.97. The van der Waals surface area contributed by atoms with Crippen LogP contribution in [0.5, 0.6) is 0 Å². The summed E-state index contributed by atoms with van der Waals surface area (Å²) in [5.74, 6) is -1.57. The maximum Gasteiger partial charge on any atom is 0.303 e. The van der Waals surface area contributed by atoms with Gasteiger partial charge in [-0.3, -0.25) is 19.6 Å². The standard InChI is InChI=1S/C18H15ClN2O2S.C8H14O4/c1-12-3-4-14(10-20-12)18-17(9-15(19)11-21-18)13-5-7-16(8-6-13)24(2,22)23;9-7(10)5-3-1-2-4-6-8(11)12/h3-11H,1-2H3;1-6H2,(H,9,10)(H,11,12). The van der Waals surface area contributed by atoms with Crippen molar-refractivity contribution in [2.45, 2.75) is 50.3 Å². The Morgan fingerprint density at radius 2 is 1.39 bits per heavy atom. The van der Waals surface area contributed by atoms with Gasteiger partial charge in [0.2, 0.25) is 0 Å². The average Bonchev–Trinajstić information content (AvgIpc) is 2.81. The second kappa shape index (κ2) is 13.7.